The summed E-state index contributed by atoms with van der Waals surface area (Å²) < 4.78 is 22.9. The van der Waals surface area contributed by atoms with Crippen LogP contribution in [0.2, 0.25) is 0 Å². The highest BCUT2D eigenvalue weighted by atomic mass is 16.6. The molecule has 0 spiro atoms. The minimum Gasteiger partial charge on any atom is -0.393 e. The Morgan fingerprint density at radius 2 is 1.88 bits per heavy atom. The van der Waals surface area contributed by atoms with Crippen LogP contribution >= 0.6 is 0 Å². The first-order valence-electron chi connectivity index (χ1n) is 8.83. The van der Waals surface area contributed by atoms with E-state index in [0.717, 1.165) is 0 Å². The van der Waals surface area contributed by atoms with E-state index < -0.39 is 11.0 Å². The van der Waals surface area contributed by atoms with Crippen molar-refractivity contribution in [1.82, 2.24) is 0 Å². The van der Waals surface area contributed by atoms with E-state index in [1.807, 2.05) is 27.7 Å². The topological polar surface area (TPSA) is 74.2 Å². The summed E-state index contributed by atoms with van der Waals surface area (Å²) in [4.78, 5) is 12.9. The van der Waals surface area contributed by atoms with Crippen molar-refractivity contribution in [1.29, 1.82) is 0 Å². The third-order valence-electron chi connectivity index (χ3n) is 5.46. The molecule has 6 heteroatoms. The predicted molar refractivity (Wildman–Crippen MR) is 88.9 cm³/mol. The Morgan fingerprint density at radius 3 is 2.46 bits per heavy atom. The number of aliphatic hydroxyl groups is 1. The van der Waals surface area contributed by atoms with Crippen molar-refractivity contribution in [3.8, 4) is 0 Å². The van der Waals surface area contributed by atoms with Gasteiger partial charge < -0.3 is 24.1 Å². The Labute approximate surface area is 144 Å². The molecule has 0 aliphatic carbocycles. The van der Waals surface area contributed by atoms with Crippen LogP contribution in [0.5, 0.6) is 0 Å². The minimum atomic E-state index is -0.605. The number of aliphatic hydroxyl groups excluding tert-OH is 1. The first-order valence-corrected chi connectivity index (χ1v) is 8.83. The largest absolute Gasteiger partial charge is 0.393 e. The molecule has 2 heterocycles. The zero-order valence-electron chi connectivity index (χ0n) is 15.5. The average molecular weight is 344 g/mol. The van der Waals surface area contributed by atoms with Gasteiger partial charge in [0.2, 0.25) is 0 Å². The van der Waals surface area contributed by atoms with E-state index in [1.54, 1.807) is 7.11 Å². The van der Waals surface area contributed by atoms with Gasteiger partial charge in [0, 0.05) is 19.1 Å². The van der Waals surface area contributed by atoms with Gasteiger partial charge in [0.1, 0.15) is 18.0 Å². The molecule has 2 rings (SSSR count). The second kappa shape index (κ2) is 7.79. The summed E-state index contributed by atoms with van der Waals surface area (Å²) in [6.45, 7) is 9.02. The number of hydrogen-bond acceptors (Lipinski definition) is 6. The molecule has 140 valence electrons. The highest BCUT2D eigenvalue weighted by Gasteiger charge is 2.53. The molecule has 5 atom stereocenters. The van der Waals surface area contributed by atoms with Crippen molar-refractivity contribution in [2.75, 3.05) is 33.5 Å². The summed E-state index contributed by atoms with van der Waals surface area (Å²) in [5.41, 5.74) is -1.07. The maximum Gasteiger partial charge on any atom is 0.146 e. The number of carbonyl (C=O) groups is 1. The van der Waals surface area contributed by atoms with Crippen molar-refractivity contribution in [3.63, 3.8) is 0 Å². The molecular weight excluding hydrogens is 312 g/mol. The minimum absolute atomic E-state index is 0.0518. The van der Waals surface area contributed by atoms with Crippen LogP contribution in [-0.4, -0.2) is 68.3 Å². The lowest BCUT2D eigenvalue weighted by Gasteiger charge is -2.31. The average Bonchev–Trinajstić information content (AvgIpc) is 3.15. The molecule has 5 unspecified atom stereocenters. The molecule has 6 nitrogen and oxygen atoms in total. The van der Waals surface area contributed by atoms with Gasteiger partial charge >= 0.3 is 0 Å². The lowest BCUT2D eigenvalue weighted by atomic mass is 9.77. The zero-order chi connectivity index (χ0) is 18.0. The summed E-state index contributed by atoms with van der Waals surface area (Å²) in [7, 11) is 1.64. The second-order valence-corrected chi connectivity index (χ2v) is 7.81. The molecular formula is C18H32O6. The van der Waals surface area contributed by atoms with Crippen LogP contribution in [0.15, 0.2) is 0 Å². The number of rotatable bonds is 9. The monoisotopic (exact) mass is 344 g/mol. The molecule has 2 aliphatic heterocycles. The lowest BCUT2D eigenvalue weighted by Crippen LogP contribution is -2.43. The first kappa shape index (κ1) is 19.8. The first-order chi connectivity index (χ1) is 11.3. The van der Waals surface area contributed by atoms with Gasteiger partial charge in [-0.05, 0) is 19.8 Å². The van der Waals surface area contributed by atoms with Crippen LogP contribution in [0.1, 0.15) is 40.5 Å². The maximum absolute atomic E-state index is 12.9. The predicted octanol–water partition coefficient (Wildman–Crippen LogP) is 1.58. The summed E-state index contributed by atoms with van der Waals surface area (Å²) >= 11 is 0. The van der Waals surface area contributed by atoms with Crippen LogP contribution < -0.4 is 0 Å². The summed E-state index contributed by atoms with van der Waals surface area (Å²) in [6.07, 6.45) is 0.629. The second-order valence-electron chi connectivity index (χ2n) is 7.81. The fraction of sp³-hybridized carbons (Fsp3) is 0.944. The van der Waals surface area contributed by atoms with E-state index in [9.17, 15) is 9.90 Å². The van der Waals surface area contributed by atoms with Crippen molar-refractivity contribution < 1.29 is 28.8 Å². The molecule has 0 bridgehead atoms. The van der Waals surface area contributed by atoms with Crippen molar-refractivity contribution in [2.24, 2.45) is 11.3 Å². The fourth-order valence-electron chi connectivity index (χ4n) is 3.37. The van der Waals surface area contributed by atoms with Gasteiger partial charge in [0.05, 0.1) is 37.4 Å². The maximum atomic E-state index is 12.9. The van der Waals surface area contributed by atoms with Crippen LogP contribution in [0.25, 0.3) is 0 Å². The molecule has 0 aromatic carbocycles. The number of Topliss-reactive ketones (excluding diaryl/α,β-unsaturated/α-hetero) is 1. The summed E-state index contributed by atoms with van der Waals surface area (Å²) in [5.74, 6) is -0.106. The number of ketones is 1. The number of fused-ring (bicyclic) bond motifs is 1. The Bertz CT molecular complexity index is 431. The quantitative estimate of drug-likeness (QED) is 0.684. The normalized spacial score (nSPS) is 32.6. The van der Waals surface area contributed by atoms with E-state index in [1.165, 1.54) is 0 Å². The Balaban J connectivity index is 2.01. The summed E-state index contributed by atoms with van der Waals surface area (Å²) in [5, 5.41) is 9.54. The van der Waals surface area contributed by atoms with Gasteiger partial charge in [-0.1, -0.05) is 20.8 Å². The molecule has 24 heavy (non-hydrogen) atoms. The van der Waals surface area contributed by atoms with E-state index in [4.69, 9.17) is 18.9 Å². The highest BCUT2D eigenvalue weighted by Crippen LogP contribution is 2.39. The van der Waals surface area contributed by atoms with Crippen LogP contribution in [0, 0.1) is 11.3 Å². The molecule has 1 N–H and O–H groups in total. The number of ether oxygens (including phenoxy) is 4. The molecule has 0 amide bonds. The lowest BCUT2D eigenvalue weighted by molar-refractivity contribution is -0.142. The van der Waals surface area contributed by atoms with Crippen LogP contribution in [-0.2, 0) is 23.7 Å². The van der Waals surface area contributed by atoms with Crippen molar-refractivity contribution in [2.45, 2.75) is 64.4 Å². The molecule has 0 radical (unpaired) electrons. The molecule has 0 aromatic rings. The molecule has 2 fully saturated rings. The van der Waals surface area contributed by atoms with Gasteiger partial charge in [0.25, 0.3) is 0 Å². The molecule has 0 aromatic heterocycles. The SMILES string of the molecule is CCC(C)(CO)OC1COC2C(C(=O)C(C)(C)CCOC)COC12. The van der Waals surface area contributed by atoms with Gasteiger partial charge in [0.15, 0.2) is 0 Å². The van der Waals surface area contributed by atoms with Gasteiger partial charge in [-0.3, -0.25) is 4.79 Å². The molecule has 2 saturated heterocycles. The highest BCUT2D eigenvalue weighted by molar-refractivity contribution is 5.87. The molecule has 0 saturated carbocycles. The van der Waals surface area contributed by atoms with Gasteiger partial charge in [-0.2, -0.15) is 0 Å². The van der Waals surface area contributed by atoms with E-state index >= 15 is 0 Å². The Kier molecular flexibility index (Phi) is 6.42. The summed E-state index contributed by atoms with van der Waals surface area (Å²) in [6, 6.07) is 0. The van der Waals surface area contributed by atoms with E-state index in [0.29, 0.717) is 32.7 Å². The molecule has 2 aliphatic rings. The third kappa shape index (κ3) is 3.99. The standard InChI is InChI=1S/C18H32O6/c1-6-18(4,11-19)24-13-10-23-14-12(9-22-15(13)14)16(20)17(2,3)7-8-21-5/h12-15,19H,6-11H2,1-5H3. The van der Waals surface area contributed by atoms with Gasteiger partial charge in [-0.15, -0.1) is 0 Å². The number of hydrogen-bond donors (Lipinski definition) is 1. The smallest absolute Gasteiger partial charge is 0.146 e. The van der Waals surface area contributed by atoms with Crippen LogP contribution in [0.4, 0.5) is 0 Å². The fourth-order valence-corrected chi connectivity index (χ4v) is 3.37. The third-order valence-corrected chi connectivity index (χ3v) is 5.46. The van der Waals surface area contributed by atoms with Crippen LogP contribution in [0.3, 0.4) is 0 Å². The Hall–Kier alpha value is -0.530. The number of carbonyl (C=O) groups excluding carboxylic acids is 1. The van der Waals surface area contributed by atoms with E-state index in [-0.39, 0.29) is 36.6 Å². The van der Waals surface area contributed by atoms with E-state index in [2.05, 4.69) is 0 Å². The van der Waals surface area contributed by atoms with Crippen molar-refractivity contribution in [3.05, 3.63) is 0 Å². The Morgan fingerprint density at radius 1 is 1.21 bits per heavy atom. The zero-order valence-corrected chi connectivity index (χ0v) is 15.5. The number of methoxy groups -OCH3 is 1. The van der Waals surface area contributed by atoms with Gasteiger partial charge in [-0.25, -0.2) is 0 Å². The van der Waals surface area contributed by atoms with Crippen molar-refractivity contribution >= 4 is 5.78 Å².